The molecule has 0 radical (unpaired) electrons. The fourth-order valence-corrected chi connectivity index (χ4v) is 3.28. The van der Waals surface area contributed by atoms with Crippen LogP contribution in [0.5, 0.6) is 0 Å². The van der Waals surface area contributed by atoms with Gasteiger partial charge >= 0.3 is 11.9 Å². The Labute approximate surface area is 123 Å². The molecule has 0 aliphatic rings. The summed E-state index contributed by atoms with van der Waals surface area (Å²) in [6.07, 6.45) is 0. The van der Waals surface area contributed by atoms with E-state index < -0.39 is 34.5 Å². The number of rotatable bonds is 6. The monoisotopic (exact) mass is 315 g/mol. The number of benzene rings is 1. The van der Waals surface area contributed by atoms with Crippen molar-refractivity contribution in [2.24, 2.45) is 0 Å². The Balaban J connectivity index is 3.16. The number of aliphatic carboxylic acids is 1. The van der Waals surface area contributed by atoms with Gasteiger partial charge in [-0.25, -0.2) is 13.2 Å². The smallest absolute Gasteiger partial charge is 0.337 e. The maximum Gasteiger partial charge on any atom is 0.337 e. The van der Waals surface area contributed by atoms with E-state index >= 15 is 0 Å². The van der Waals surface area contributed by atoms with Crippen LogP contribution in [0, 0.1) is 0 Å². The molecule has 0 amide bonds. The molecule has 1 N–H and O–H groups in total. The minimum Gasteiger partial charge on any atom is -0.480 e. The predicted octanol–water partition coefficient (Wildman–Crippen LogP) is 0.957. The third kappa shape index (κ3) is 4.02. The van der Waals surface area contributed by atoms with Crippen molar-refractivity contribution in [2.75, 3.05) is 13.7 Å². The van der Waals surface area contributed by atoms with Gasteiger partial charge in [-0.2, -0.15) is 4.31 Å². The van der Waals surface area contributed by atoms with E-state index in [0.717, 1.165) is 4.31 Å². The average Bonchev–Trinajstić information content (AvgIpc) is 2.43. The minimum absolute atomic E-state index is 0.0786. The van der Waals surface area contributed by atoms with Gasteiger partial charge in [0.2, 0.25) is 10.0 Å². The maximum absolute atomic E-state index is 12.4. The normalized spacial score (nSPS) is 11.7. The van der Waals surface area contributed by atoms with Crippen LogP contribution in [-0.2, 0) is 19.6 Å². The SMILES string of the molecule is COC(=O)c1ccc(S(=O)(=O)N(CC(=O)O)C(C)C)cc1. The molecule has 1 rings (SSSR count). The maximum atomic E-state index is 12.4. The summed E-state index contributed by atoms with van der Waals surface area (Å²) in [7, 11) is -2.72. The van der Waals surface area contributed by atoms with Gasteiger partial charge in [-0.3, -0.25) is 4.79 Å². The van der Waals surface area contributed by atoms with E-state index in [0.29, 0.717) is 0 Å². The van der Waals surface area contributed by atoms with Crippen LogP contribution in [-0.4, -0.2) is 49.5 Å². The first kappa shape index (κ1) is 17.1. The van der Waals surface area contributed by atoms with Crippen molar-refractivity contribution in [1.82, 2.24) is 4.31 Å². The molecule has 1 aromatic rings. The molecule has 21 heavy (non-hydrogen) atoms. The van der Waals surface area contributed by atoms with Gasteiger partial charge in [0.1, 0.15) is 6.54 Å². The molecule has 0 atom stereocenters. The van der Waals surface area contributed by atoms with Crippen LogP contribution in [0.4, 0.5) is 0 Å². The molecule has 0 aliphatic heterocycles. The highest BCUT2D eigenvalue weighted by Crippen LogP contribution is 2.19. The van der Waals surface area contributed by atoms with E-state index in [1.807, 2.05) is 0 Å². The van der Waals surface area contributed by atoms with Crippen LogP contribution >= 0.6 is 0 Å². The van der Waals surface area contributed by atoms with E-state index in [1.54, 1.807) is 13.8 Å². The Bertz CT molecular complexity index is 621. The van der Waals surface area contributed by atoms with Gasteiger partial charge in [-0.15, -0.1) is 0 Å². The second kappa shape index (κ2) is 6.68. The van der Waals surface area contributed by atoms with Crippen molar-refractivity contribution in [1.29, 1.82) is 0 Å². The molecule has 7 nitrogen and oxygen atoms in total. The first-order valence-corrected chi connectivity index (χ1v) is 7.56. The second-order valence-electron chi connectivity index (χ2n) is 4.55. The number of hydrogen-bond donors (Lipinski definition) is 1. The van der Waals surface area contributed by atoms with E-state index in [4.69, 9.17) is 5.11 Å². The number of carboxylic acids is 1. The van der Waals surface area contributed by atoms with E-state index in [9.17, 15) is 18.0 Å². The van der Waals surface area contributed by atoms with Gasteiger partial charge in [0, 0.05) is 6.04 Å². The Hall–Kier alpha value is -1.93. The van der Waals surface area contributed by atoms with Crippen molar-refractivity contribution < 1.29 is 27.9 Å². The van der Waals surface area contributed by atoms with Gasteiger partial charge in [-0.1, -0.05) is 0 Å². The first-order valence-electron chi connectivity index (χ1n) is 6.12. The van der Waals surface area contributed by atoms with Crippen LogP contribution in [0.1, 0.15) is 24.2 Å². The van der Waals surface area contributed by atoms with E-state index in [1.165, 1.54) is 31.4 Å². The number of carboxylic acid groups (broad SMARTS) is 1. The number of hydrogen-bond acceptors (Lipinski definition) is 5. The van der Waals surface area contributed by atoms with Crippen LogP contribution in [0.25, 0.3) is 0 Å². The zero-order valence-electron chi connectivity index (χ0n) is 11.9. The number of methoxy groups -OCH3 is 1. The summed E-state index contributed by atoms with van der Waals surface area (Å²) in [5.41, 5.74) is 0.214. The van der Waals surface area contributed by atoms with Gasteiger partial charge in [0.05, 0.1) is 17.6 Å². The van der Waals surface area contributed by atoms with Crippen LogP contribution in [0.15, 0.2) is 29.2 Å². The number of carbonyl (C=O) groups excluding carboxylic acids is 1. The largest absolute Gasteiger partial charge is 0.480 e. The first-order chi connectivity index (χ1) is 9.70. The third-order valence-corrected chi connectivity index (χ3v) is 4.79. The summed E-state index contributed by atoms with van der Waals surface area (Å²) in [6, 6.07) is 4.62. The Morgan fingerprint density at radius 2 is 1.76 bits per heavy atom. The van der Waals surface area contributed by atoms with Crippen molar-refractivity contribution in [2.45, 2.75) is 24.8 Å². The molecule has 8 heteroatoms. The van der Waals surface area contributed by atoms with E-state index in [2.05, 4.69) is 4.74 Å². The van der Waals surface area contributed by atoms with Gasteiger partial charge < -0.3 is 9.84 Å². The molecule has 0 saturated heterocycles. The van der Waals surface area contributed by atoms with Crippen molar-refractivity contribution in [3.63, 3.8) is 0 Å². The summed E-state index contributed by atoms with van der Waals surface area (Å²) >= 11 is 0. The predicted molar refractivity (Wildman–Crippen MR) is 74.4 cm³/mol. The van der Waals surface area contributed by atoms with E-state index in [-0.39, 0.29) is 10.5 Å². The third-order valence-electron chi connectivity index (χ3n) is 2.75. The van der Waals surface area contributed by atoms with Gasteiger partial charge in [0.25, 0.3) is 0 Å². The van der Waals surface area contributed by atoms with Gasteiger partial charge in [-0.05, 0) is 38.1 Å². The Morgan fingerprint density at radius 1 is 1.24 bits per heavy atom. The summed E-state index contributed by atoms with van der Waals surface area (Å²) < 4.78 is 30.2. The fourth-order valence-electron chi connectivity index (χ4n) is 1.69. The molecule has 0 heterocycles. The topological polar surface area (TPSA) is 101 Å². The number of carbonyl (C=O) groups is 2. The van der Waals surface area contributed by atoms with Crippen LogP contribution in [0.2, 0.25) is 0 Å². The number of esters is 1. The lowest BCUT2D eigenvalue weighted by Crippen LogP contribution is -2.40. The molecule has 116 valence electrons. The molecule has 0 aromatic heterocycles. The van der Waals surface area contributed by atoms with Crippen LogP contribution < -0.4 is 0 Å². The lowest BCUT2D eigenvalue weighted by Gasteiger charge is -2.24. The molecule has 0 fully saturated rings. The summed E-state index contributed by atoms with van der Waals surface area (Å²) in [4.78, 5) is 22.0. The molecule has 0 spiro atoms. The molecule has 1 aromatic carbocycles. The van der Waals surface area contributed by atoms with Gasteiger partial charge in [0.15, 0.2) is 0 Å². The number of nitrogens with zero attached hydrogens (tertiary/aromatic N) is 1. The summed E-state index contributed by atoms with van der Waals surface area (Å²) in [5.74, 6) is -1.82. The quantitative estimate of drug-likeness (QED) is 0.785. The molecule has 0 unspecified atom stereocenters. The van der Waals surface area contributed by atoms with Crippen molar-refractivity contribution in [3.05, 3.63) is 29.8 Å². The van der Waals surface area contributed by atoms with Crippen molar-refractivity contribution in [3.8, 4) is 0 Å². The zero-order chi connectivity index (χ0) is 16.2. The Morgan fingerprint density at radius 3 is 2.14 bits per heavy atom. The number of sulfonamides is 1. The molecule has 0 aliphatic carbocycles. The minimum atomic E-state index is -3.94. The molecular weight excluding hydrogens is 298 g/mol. The molecule has 0 saturated carbocycles. The second-order valence-corrected chi connectivity index (χ2v) is 6.44. The Kier molecular flexibility index (Phi) is 5.45. The highest BCUT2D eigenvalue weighted by molar-refractivity contribution is 7.89. The van der Waals surface area contributed by atoms with Crippen molar-refractivity contribution >= 4 is 22.0 Å². The molecule has 0 bridgehead atoms. The van der Waals surface area contributed by atoms with Crippen LogP contribution in [0.3, 0.4) is 0 Å². The molecular formula is C13H17NO6S. The number of ether oxygens (including phenoxy) is 1. The highest BCUT2D eigenvalue weighted by Gasteiger charge is 2.29. The zero-order valence-corrected chi connectivity index (χ0v) is 12.8. The standard InChI is InChI=1S/C13H17NO6S/c1-9(2)14(8-12(15)16)21(18,19)11-6-4-10(5-7-11)13(17)20-3/h4-7,9H,8H2,1-3H3,(H,15,16). The highest BCUT2D eigenvalue weighted by atomic mass is 32.2. The average molecular weight is 315 g/mol. The summed E-state index contributed by atoms with van der Waals surface area (Å²) in [5, 5.41) is 8.82. The fraction of sp³-hybridized carbons (Fsp3) is 0.385. The lowest BCUT2D eigenvalue weighted by atomic mass is 10.2. The summed E-state index contributed by atoms with van der Waals surface area (Å²) in [6.45, 7) is 2.55. The lowest BCUT2D eigenvalue weighted by molar-refractivity contribution is -0.137.